The first-order chi connectivity index (χ1) is 9.74. The van der Waals surface area contributed by atoms with Crippen LogP contribution in [0.3, 0.4) is 0 Å². The van der Waals surface area contributed by atoms with Crippen LogP contribution in [0.15, 0.2) is 48.5 Å². The second kappa shape index (κ2) is 5.68. The maximum atomic E-state index is 5.96. The summed E-state index contributed by atoms with van der Waals surface area (Å²) in [6.45, 7) is 5.25. The Bertz CT molecular complexity index is 568. The van der Waals surface area contributed by atoms with Gasteiger partial charge in [-0.1, -0.05) is 42.5 Å². The van der Waals surface area contributed by atoms with Gasteiger partial charge in [0.2, 0.25) is 0 Å². The van der Waals surface area contributed by atoms with Gasteiger partial charge in [-0.15, -0.1) is 0 Å². The maximum absolute atomic E-state index is 5.96. The molecule has 1 aliphatic rings. The summed E-state index contributed by atoms with van der Waals surface area (Å²) in [5.41, 5.74) is 4.02. The molecule has 2 atom stereocenters. The Morgan fingerprint density at radius 2 is 1.90 bits per heavy atom. The summed E-state index contributed by atoms with van der Waals surface area (Å²) < 4.78 is 5.96. The van der Waals surface area contributed by atoms with Crippen LogP contribution >= 0.6 is 0 Å². The molecule has 0 amide bonds. The zero-order valence-corrected chi connectivity index (χ0v) is 12.1. The molecule has 2 heteroatoms. The zero-order valence-electron chi connectivity index (χ0n) is 12.1. The van der Waals surface area contributed by atoms with Crippen LogP contribution in [-0.4, -0.2) is 12.6 Å². The van der Waals surface area contributed by atoms with E-state index in [-0.39, 0.29) is 6.10 Å². The summed E-state index contributed by atoms with van der Waals surface area (Å²) in [4.78, 5) is 0. The van der Waals surface area contributed by atoms with Gasteiger partial charge in [0.15, 0.2) is 0 Å². The standard InChI is InChI=1S/C18H21NO/c1-13-7-3-5-9-17(13)14(2)19-12-16-11-15-8-4-6-10-18(15)20-16/h3-10,14,16,19H,11-12H2,1-2H3/t14-,16?/m1/s1. The first kappa shape index (κ1) is 13.2. The predicted molar refractivity (Wildman–Crippen MR) is 82.2 cm³/mol. The molecule has 0 spiro atoms. The molecule has 0 bridgehead atoms. The lowest BCUT2D eigenvalue weighted by molar-refractivity contribution is 0.222. The molecule has 0 fully saturated rings. The van der Waals surface area contributed by atoms with Gasteiger partial charge < -0.3 is 10.1 Å². The fourth-order valence-electron chi connectivity index (χ4n) is 2.86. The first-order valence-corrected chi connectivity index (χ1v) is 7.27. The number of hydrogen-bond acceptors (Lipinski definition) is 2. The highest BCUT2D eigenvalue weighted by atomic mass is 16.5. The second-order valence-corrected chi connectivity index (χ2v) is 5.54. The smallest absolute Gasteiger partial charge is 0.123 e. The Morgan fingerprint density at radius 3 is 2.70 bits per heavy atom. The fourth-order valence-corrected chi connectivity index (χ4v) is 2.86. The van der Waals surface area contributed by atoms with E-state index in [0.29, 0.717) is 6.04 Å². The van der Waals surface area contributed by atoms with E-state index < -0.39 is 0 Å². The van der Waals surface area contributed by atoms with Gasteiger partial charge in [-0.3, -0.25) is 0 Å². The maximum Gasteiger partial charge on any atom is 0.123 e. The lowest BCUT2D eigenvalue weighted by Gasteiger charge is -2.19. The highest BCUT2D eigenvalue weighted by Crippen LogP contribution is 2.28. The van der Waals surface area contributed by atoms with Crippen LogP contribution in [0.5, 0.6) is 5.75 Å². The Labute approximate surface area is 120 Å². The number of benzene rings is 2. The molecule has 104 valence electrons. The molecule has 2 aromatic carbocycles. The normalized spacial score (nSPS) is 18.4. The lowest BCUT2D eigenvalue weighted by atomic mass is 10.0. The van der Waals surface area contributed by atoms with Crippen LogP contribution < -0.4 is 10.1 Å². The minimum absolute atomic E-state index is 0.249. The second-order valence-electron chi connectivity index (χ2n) is 5.54. The summed E-state index contributed by atoms with van der Waals surface area (Å²) in [7, 11) is 0. The number of fused-ring (bicyclic) bond motifs is 1. The molecule has 3 rings (SSSR count). The quantitative estimate of drug-likeness (QED) is 0.913. The van der Waals surface area contributed by atoms with E-state index >= 15 is 0 Å². The van der Waals surface area contributed by atoms with Crippen molar-refractivity contribution in [2.75, 3.05) is 6.54 Å². The fraction of sp³-hybridized carbons (Fsp3) is 0.333. The summed E-state index contributed by atoms with van der Waals surface area (Å²) in [5, 5.41) is 3.59. The monoisotopic (exact) mass is 267 g/mol. The summed E-state index contributed by atoms with van der Waals surface area (Å²) >= 11 is 0. The minimum Gasteiger partial charge on any atom is -0.488 e. The van der Waals surface area contributed by atoms with Crippen LogP contribution in [0, 0.1) is 6.92 Å². The molecule has 0 saturated heterocycles. The van der Waals surface area contributed by atoms with Crippen LogP contribution in [0.4, 0.5) is 0 Å². The molecule has 1 heterocycles. The van der Waals surface area contributed by atoms with E-state index in [9.17, 15) is 0 Å². The predicted octanol–water partition coefficient (Wildman–Crippen LogP) is 3.65. The molecule has 1 unspecified atom stereocenters. The molecule has 0 aromatic heterocycles. The van der Waals surface area contributed by atoms with Crippen LogP contribution in [-0.2, 0) is 6.42 Å². The highest BCUT2D eigenvalue weighted by molar-refractivity contribution is 5.37. The highest BCUT2D eigenvalue weighted by Gasteiger charge is 2.22. The number of aryl methyl sites for hydroxylation is 1. The molecular weight excluding hydrogens is 246 g/mol. The third kappa shape index (κ3) is 2.70. The Morgan fingerprint density at radius 1 is 1.15 bits per heavy atom. The van der Waals surface area contributed by atoms with Crippen molar-refractivity contribution in [3.8, 4) is 5.75 Å². The van der Waals surface area contributed by atoms with Crippen molar-refractivity contribution < 1.29 is 4.74 Å². The van der Waals surface area contributed by atoms with E-state index in [2.05, 4.69) is 61.6 Å². The molecule has 1 N–H and O–H groups in total. The molecule has 2 aromatic rings. The number of rotatable bonds is 4. The van der Waals surface area contributed by atoms with Gasteiger partial charge >= 0.3 is 0 Å². The third-order valence-corrected chi connectivity index (χ3v) is 4.02. The van der Waals surface area contributed by atoms with Crippen molar-refractivity contribution in [1.29, 1.82) is 0 Å². The molecule has 1 aliphatic heterocycles. The average molecular weight is 267 g/mol. The van der Waals surface area contributed by atoms with E-state index in [1.807, 2.05) is 6.07 Å². The van der Waals surface area contributed by atoms with E-state index in [1.165, 1.54) is 16.7 Å². The molecule has 0 saturated carbocycles. The number of ether oxygens (including phenoxy) is 1. The largest absolute Gasteiger partial charge is 0.488 e. The topological polar surface area (TPSA) is 21.3 Å². The van der Waals surface area contributed by atoms with Crippen LogP contribution in [0.2, 0.25) is 0 Å². The molecule has 2 nitrogen and oxygen atoms in total. The third-order valence-electron chi connectivity index (χ3n) is 4.02. The van der Waals surface area contributed by atoms with Gasteiger partial charge in [0, 0.05) is 19.0 Å². The summed E-state index contributed by atoms with van der Waals surface area (Å²) in [6, 6.07) is 17.2. The Kier molecular flexibility index (Phi) is 3.75. The van der Waals surface area contributed by atoms with Crippen molar-refractivity contribution in [2.24, 2.45) is 0 Å². The lowest BCUT2D eigenvalue weighted by Crippen LogP contribution is -2.32. The number of nitrogens with one attached hydrogen (secondary N) is 1. The van der Waals surface area contributed by atoms with Gasteiger partial charge in [-0.25, -0.2) is 0 Å². The number of hydrogen-bond donors (Lipinski definition) is 1. The molecule has 0 radical (unpaired) electrons. The van der Waals surface area contributed by atoms with Crippen molar-refractivity contribution in [1.82, 2.24) is 5.32 Å². The van der Waals surface area contributed by atoms with Gasteiger partial charge in [0.05, 0.1) is 0 Å². The van der Waals surface area contributed by atoms with Crippen LogP contribution in [0.25, 0.3) is 0 Å². The van der Waals surface area contributed by atoms with Crippen molar-refractivity contribution in [3.63, 3.8) is 0 Å². The Hall–Kier alpha value is -1.80. The molecular formula is C18H21NO. The van der Waals surface area contributed by atoms with Crippen molar-refractivity contribution in [3.05, 3.63) is 65.2 Å². The molecule has 0 aliphatic carbocycles. The van der Waals surface area contributed by atoms with Gasteiger partial charge in [-0.2, -0.15) is 0 Å². The van der Waals surface area contributed by atoms with E-state index in [4.69, 9.17) is 4.74 Å². The summed E-state index contributed by atoms with van der Waals surface area (Å²) in [6.07, 6.45) is 1.25. The van der Waals surface area contributed by atoms with E-state index in [1.54, 1.807) is 0 Å². The van der Waals surface area contributed by atoms with E-state index in [0.717, 1.165) is 18.7 Å². The minimum atomic E-state index is 0.249. The number of para-hydroxylation sites is 1. The van der Waals surface area contributed by atoms with Crippen molar-refractivity contribution in [2.45, 2.75) is 32.4 Å². The van der Waals surface area contributed by atoms with Gasteiger partial charge in [0.25, 0.3) is 0 Å². The molecule has 20 heavy (non-hydrogen) atoms. The Balaban J connectivity index is 1.58. The van der Waals surface area contributed by atoms with Gasteiger partial charge in [-0.05, 0) is 36.6 Å². The van der Waals surface area contributed by atoms with Crippen molar-refractivity contribution >= 4 is 0 Å². The van der Waals surface area contributed by atoms with Gasteiger partial charge in [0.1, 0.15) is 11.9 Å². The average Bonchev–Trinajstić information content (AvgIpc) is 2.88. The van der Waals surface area contributed by atoms with Crippen LogP contribution in [0.1, 0.15) is 29.7 Å². The first-order valence-electron chi connectivity index (χ1n) is 7.27. The zero-order chi connectivity index (χ0) is 13.9. The SMILES string of the molecule is Cc1ccccc1[C@@H](C)NCC1Cc2ccccc2O1. The summed E-state index contributed by atoms with van der Waals surface area (Å²) in [5.74, 6) is 1.04.